The van der Waals surface area contributed by atoms with Gasteiger partial charge in [-0.2, -0.15) is 0 Å². The molecule has 0 saturated carbocycles. The van der Waals surface area contributed by atoms with Crippen LogP contribution in [0.4, 0.5) is 0 Å². The van der Waals surface area contributed by atoms with Crippen molar-refractivity contribution in [3.05, 3.63) is 0 Å². The third-order valence-electron chi connectivity index (χ3n) is 2.82. The van der Waals surface area contributed by atoms with Crippen LogP contribution in [-0.4, -0.2) is 60.9 Å². The Hall–Kier alpha value is -1.10. The van der Waals surface area contributed by atoms with Crippen molar-refractivity contribution in [3.63, 3.8) is 0 Å². The average molecular weight is 213 g/mol. The van der Waals surface area contributed by atoms with E-state index in [9.17, 15) is 9.59 Å². The van der Waals surface area contributed by atoms with E-state index in [1.54, 1.807) is 11.9 Å². The summed E-state index contributed by atoms with van der Waals surface area (Å²) >= 11 is 0. The Morgan fingerprint density at radius 1 is 1.47 bits per heavy atom. The Balaban J connectivity index is 2.70. The fourth-order valence-corrected chi connectivity index (χ4v) is 1.71. The Morgan fingerprint density at radius 2 is 2.07 bits per heavy atom. The third kappa shape index (κ3) is 2.47. The van der Waals surface area contributed by atoms with E-state index in [1.807, 2.05) is 20.9 Å². The van der Waals surface area contributed by atoms with Gasteiger partial charge in [0.15, 0.2) is 0 Å². The number of carbonyl (C=O) groups is 2. The second kappa shape index (κ2) is 4.61. The first kappa shape index (κ1) is 12.0. The maximum Gasteiger partial charge on any atom is 0.312 e. The number of amides is 2. The van der Waals surface area contributed by atoms with E-state index in [0.29, 0.717) is 13.1 Å². The molecule has 0 radical (unpaired) electrons. The lowest BCUT2D eigenvalue weighted by molar-refractivity contribution is -0.157. The van der Waals surface area contributed by atoms with E-state index >= 15 is 0 Å². The quantitative estimate of drug-likeness (QED) is 0.630. The van der Waals surface area contributed by atoms with Gasteiger partial charge >= 0.3 is 11.8 Å². The van der Waals surface area contributed by atoms with Gasteiger partial charge in [0.1, 0.15) is 0 Å². The van der Waals surface area contributed by atoms with Gasteiger partial charge in [-0.25, -0.2) is 0 Å². The maximum absolute atomic E-state index is 11.7. The molecule has 0 aliphatic carbocycles. The van der Waals surface area contributed by atoms with E-state index in [4.69, 9.17) is 0 Å². The molecule has 1 N–H and O–H groups in total. The van der Waals surface area contributed by atoms with Crippen LogP contribution in [0.1, 0.15) is 13.8 Å². The van der Waals surface area contributed by atoms with Gasteiger partial charge in [0.2, 0.25) is 0 Å². The topological polar surface area (TPSA) is 52.7 Å². The van der Waals surface area contributed by atoms with Crippen molar-refractivity contribution in [3.8, 4) is 0 Å². The first-order valence-corrected chi connectivity index (χ1v) is 5.20. The SMILES string of the molecule is CNC(C)CN1C(=O)C(=O)N(C)CC1C. The molecule has 2 atom stereocenters. The van der Waals surface area contributed by atoms with Crippen molar-refractivity contribution < 1.29 is 9.59 Å². The average Bonchev–Trinajstić information content (AvgIpc) is 2.21. The van der Waals surface area contributed by atoms with Crippen LogP contribution in [0.25, 0.3) is 0 Å². The third-order valence-corrected chi connectivity index (χ3v) is 2.82. The van der Waals surface area contributed by atoms with Gasteiger partial charge in [-0.15, -0.1) is 0 Å². The second-order valence-corrected chi connectivity index (χ2v) is 4.18. The number of hydrogen-bond acceptors (Lipinski definition) is 3. The predicted molar refractivity (Wildman–Crippen MR) is 57.3 cm³/mol. The molecule has 1 heterocycles. The van der Waals surface area contributed by atoms with Crippen molar-refractivity contribution in [1.29, 1.82) is 0 Å². The van der Waals surface area contributed by atoms with Crippen LogP contribution >= 0.6 is 0 Å². The van der Waals surface area contributed by atoms with Crippen LogP contribution in [0.2, 0.25) is 0 Å². The first-order valence-electron chi connectivity index (χ1n) is 5.20. The molecule has 0 aromatic heterocycles. The number of piperazine rings is 1. The minimum Gasteiger partial charge on any atom is -0.335 e. The van der Waals surface area contributed by atoms with Crippen molar-refractivity contribution >= 4 is 11.8 Å². The molecule has 5 heteroatoms. The van der Waals surface area contributed by atoms with Gasteiger partial charge in [0, 0.05) is 32.2 Å². The summed E-state index contributed by atoms with van der Waals surface area (Å²) in [6, 6.07) is 0.295. The minimum absolute atomic E-state index is 0.0935. The molecule has 0 spiro atoms. The van der Waals surface area contributed by atoms with E-state index in [2.05, 4.69) is 5.32 Å². The fraction of sp³-hybridized carbons (Fsp3) is 0.800. The minimum atomic E-state index is -0.406. The predicted octanol–water partition coefficient (Wildman–Crippen LogP) is -0.717. The second-order valence-electron chi connectivity index (χ2n) is 4.18. The summed E-state index contributed by atoms with van der Waals surface area (Å²) in [5.41, 5.74) is 0. The van der Waals surface area contributed by atoms with Crippen molar-refractivity contribution in [2.75, 3.05) is 27.2 Å². The summed E-state index contributed by atoms with van der Waals surface area (Å²) in [7, 11) is 3.51. The van der Waals surface area contributed by atoms with Crippen molar-refractivity contribution in [2.24, 2.45) is 0 Å². The van der Waals surface area contributed by atoms with Crippen LogP contribution in [-0.2, 0) is 9.59 Å². The van der Waals surface area contributed by atoms with Crippen molar-refractivity contribution in [1.82, 2.24) is 15.1 Å². The number of nitrogens with one attached hydrogen (secondary N) is 1. The van der Waals surface area contributed by atoms with Gasteiger partial charge in [-0.3, -0.25) is 9.59 Å². The number of likely N-dealkylation sites (N-methyl/N-ethyl adjacent to an activating group) is 2. The Kier molecular flexibility index (Phi) is 3.68. The monoisotopic (exact) mass is 213 g/mol. The van der Waals surface area contributed by atoms with Gasteiger partial charge in [0.05, 0.1) is 0 Å². The van der Waals surface area contributed by atoms with E-state index in [0.717, 1.165) is 0 Å². The van der Waals surface area contributed by atoms with Crippen LogP contribution in [0.15, 0.2) is 0 Å². The molecule has 1 fully saturated rings. The standard InChI is InChI=1S/C10H19N3O2/c1-7(11-3)5-13-8(2)6-12(4)9(14)10(13)15/h7-8,11H,5-6H2,1-4H3. The molecule has 2 amide bonds. The number of carbonyl (C=O) groups excluding carboxylic acids is 2. The van der Waals surface area contributed by atoms with Crippen LogP contribution < -0.4 is 5.32 Å². The van der Waals surface area contributed by atoms with E-state index < -0.39 is 11.8 Å². The highest BCUT2D eigenvalue weighted by Crippen LogP contribution is 2.10. The highest BCUT2D eigenvalue weighted by Gasteiger charge is 2.35. The summed E-state index contributed by atoms with van der Waals surface area (Å²) in [6.07, 6.45) is 0. The molecule has 0 bridgehead atoms. The largest absolute Gasteiger partial charge is 0.335 e. The Labute approximate surface area is 90.4 Å². The molecule has 1 aliphatic heterocycles. The van der Waals surface area contributed by atoms with Gasteiger partial charge in [0.25, 0.3) is 0 Å². The number of rotatable bonds is 3. The zero-order chi connectivity index (χ0) is 11.6. The van der Waals surface area contributed by atoms with E-state index in [1.165, 1.54) is 4.90 Å². The molecule has 1 aliphatic rings. The lowest BCUT2D eigenvalue weighted by Gasteiger charge is -2.38. The summed E-state index contributed by atoms with van der Waals surface area (Å²) in [6.45, 7) is 5.14. The molecule has 1 rings (SSSR count). The summed E-state index contributed by atoms with van der Waals surface area (Å²) in [5.74, 6) is -0.797. The van der Waals surface area contributed by atoms with Crippen LogP contribution in [0, 0.1) is 0 Å². The van der Waals surface area contributed by atoms with Crippen LogP contribution in [0.5, 0.6) is 0 Å². The van der Waals surface area contributed by atoms with Crippen molar-refractivity contribution in [2.45, 2.75) is 25.9 Å². The molecule has 15 heavy (non-hydrogen) atoms. The molecule has 0 aromatic rings. The molecule has 0 aromatic carbocycles. The maximum atomic E-state index is 11.7. The summed E-state index contributed by atoms with van der Waals surface area (Å²) in [5, 5.41) is 3.06. The zero-order valence-corrected chi connectivity index (χ0v) is 9.78. The highest BCUT2D eigenvalue weighted by molar-refractivity contribution is 6.35. The number of nitrogens with zero attached hydrogens (tertiary/aromatic N) is 2. The lowest BCUT2D eigenvalue weighted by Crippen LogP contribution is -2.59. The molecule has 86 valence electrons. The highest BCUT2D eigenvalue weighted by atomic mass is 16.2. The molecule has 5 nitrogen and oxygen atoms in total. The first-order chi connectivity index (χ1) is 6.97. The van der Waals surface area contributed by atoms with Crippen LogP contribution in [0.3, 0.4) is 0 Å². The normalized spacial score (nSPS) is 24.7. The molecular weight excluding hydrogens is 194 g/mol. The van der Waals surface area contributed by atoms with Gasteiger partial charge < -0.3 is 15.1 Å². The lowest BCUT2D eigenvalue weighted by atomic mass is 10.1. The molecular formula is C10H19N3O2. The summed E-state index contributed by atoms with van der Waals surface area (Å²) in [4.78, 5) is 26.3. The van der Waals surface area contributed by atoms with E-state index in [-0.39, 0.29) is 12.1 Å². The van der Waals surface area contributed by atoms with Gasteiger partial charge in [-0.05, 0) is 20.9 Å². The fourth-order valence-electron chi connectivity index (χ4n) is 1.71. The smallest absolute Gasteiger partial charge is 0.312 e. The Morgan fingerprint density at radius 3 is 2.60 bits per heavy atom. The molecule has 2 unspecified atom stereocenters. The summed E-state index contributed by atoms with van der Waals surface area (Å²) < 4.78 is 0. The Bertz CT molecular complexity index is 267. The molecule has 1 saturated heterocycles. The number of hydrogen-bond donors (Lipinski definition) is 1. The van der Waals surface area contributed by atoms with Gasteiger partial charge in [-0.1, -0.05) is 0 Å². The zero-order valence-electron chi connectivity index (χ0n) is 9.78.